The summed E-state index contributed by atoms with van der Waals surface area (Å²) >= 11 is 6.16. The van der Waals surface area contributed by atoms with Crippen LogP contribution in [-0.2, 0) is 0 Å². The van der Waals surface area contributed by atoms with Crippen molar-refractivity contribution in [2.45, 2.75) is 33.7 Å². The predicted octanol–water partition coefficient (Wildman–Crippen LogP) is 3.61. The van der Waals surface area contributed by atoms with Crippen molar-refractivity contribution in [3.8, 4) is 5.69 Å². The molecule has 2 N–H and O–H groups in total. The van der Waals surface area contributed by atoms with Gasteiger partial charge in [0.1, 0.15) is 5.82 Å². The first kappa shape index (κ1) is 14.0. The average molecular weight is 282 g/mol. The molecule has 0 aliphatic heterocycles. The second-order valence-electron chi connectivity index (χ2n) is 4.85. The standard InChI is InChI=1S/C14H17ClFN3/c1-7-5-13(11(8(2)17)6-12(7)16)19-10(4)14(15)9(3)18-19/h5-6,8H,17H2,1-4H3. The van der Waals surface area contributed by atoms with E-state index >= 15 is 0 Å². The number of nitrogens with two attached hydrogens (primary N) is 1. The molecule has 102 valence electrons. The molecule has 1 atom stereocenters. The second-order valence-corrected chi connectivity index (χ2v) is 5.22. The Hall–Kier alpha value is -1.39. The third-order valence-electron chi connectivity index (χ3n) is 3.23. The van der Waals surface area contributed by atoms with Crippen LogP contribution in [0.2, 0.25) is 5.02 Å². The van der Waals surface area contributed by atoms with Crippen LogP contribution in [0.4, 0.5) is 4.39 Å². The van der Waals surface area contributed by atoms with Gasteiger partial charge in [-0.05, 0) is 51.0 Å². The van der Waals surface area contributed by atoms with Crippen LogP contribution in [0, 0.1) is 26.6 Å². The minimum atomic E-state index is -0.284. The number of halogens is 2. The Morgan fingerprint density at radius 3 is 2.42 bits per heavy atom. The van der Waals surface area contributed by atoms with Gasteiger partial charge in [-0.2, -0.15) is 5.10 Å². The van der Waals surface area contributed by atoms with Crippen LogP contribution in [0.3, 0.4) is 0 Å². The summed E-state index contributed by atoms with van der Waals surface area (Å²) < 4.78 is 15.4. The summed E-state index contributed by atoms with van der Waals surface area (Å²) in [4.78, 5) is 0. The molecule has 1 unspecified atom stereocenters. The molecule has 1 aromatic carbocycles. The van der Waals surface area contributed by atoms with Crippen molar-refractivity contribution in [1.82, 2.24) is 9.78 Å². The van der Waals surface area contributed by atoms with Crippen LogP contribution in [0.25, 0.3) is 5.69 Å². The number of aryl methyl sites for hydroxylation is 2. The molecule has 1 aromatic heterocycles. The van der Waals surface area contributed by atoms with E-state index in [9.17, 15) is 4.39 Å². The van der Waals surface area contributed by atoms with Gasteiger partial charge in [-0.15, -0.1) is 0 Å². The molecule has 0 spiro atoms. The Morgan fingerprint density at radius 1 is 1.32 bits per heavy atom. The number of rotatable bonds is 2. The number of benzene rings is 1. The highest BCUT2D eigenvalue weighted by Gasteiger charge is 2.17. The fourth-order valence-corrected chi connectivity index (χ4v) is 2.21. The van der Waals surface area contributed by atoms with E-state index in [1.807, 2.05) is 20.8 Å². The van der Waals surface area contributed by atoms with E-state index in [-0.39, 0.29) is 11.9 Å². The maximum Gasteiger partial charge on any atom is 0.126 e. The maximum atomic E-state index is 13.7. The fourth-order valence-electron chi connectivity index (χ4n) is 2.09. The van der Waals surface area contributed by atoms with Gasteiger partial charge in [-0.3, -0.25) is 0 Å². The number of nitrogens with zero attached hydrogens (tertiary/aromatic N) is 2. The lowest BCUT2D eigenvalue weighted by molar-refractivity contribution is 0.610. The van der Waals surface area contributed by atoms with E-state index in [0.29, 0.717) is 16.1 Å². The molecule has 0 amide bonds. The van der Waals surface area contributed by atoms with Crippen molar-refractivity contribution in [2.75, 3.05) is 0 Å². The van der Waals surface area contributed by atoms with Crippen LogP contribution in [0.15, 0.2) is 12.1 Å². The summed E-state index contributed by atoms with van der Waals surface area (Å²) in [6.45, 7) is 7.26. The van der Waals surface area contributed by atoms with E-state index in [1.165, 1.54) is 6.07 Å². The Balaban J connectivity index is 2.73. The van der Waals surface area contributed by atoms with Gasteiger partial charge >= 0.3 is 0 Å². The third kappa shape index (κ3) is 2.38. The van der Waals surface area contributed by atoms with Crippen molar-refractivity contribution in [3.05, 3.63) is 45.5 Å². The molecule has 0 aliphatic carbocycles. The molecule has 2 rings (SSSR count). The van der Waals surface area contributed by atoms with E-state index in [1.54, 1.807) is 17.7 Å². The minimum Gasteiger partial charge on any atom is -0.324 e. The van der Waals surface area contributed by atoms with Gasteiger partial charge in [-0.1, -0.05) is 11.6 Å². The normalized spacial score (nSPS) is 12.8. The zero-order valence-corrected chi connectivity index (χ0v) is 12.2. The Bertz CT molecular complexity index is 632. The summed E-state index contributed by atoms with van der Waals surface area (Å²) in [5.41, 5.74) is 9.55. The van der Waals surface area contributed by atoms with Crippen LogP contribution >= 0.6 is 11.6 Å². The first-order valence-electron chi connectivity index (χ1n) is 6.10. The molecule has 0 saturated heterocycles. The number of aromatic nitrogens is 2. The van der Waals surface area contributed by atoms with E-state index < -0.39 is 0 Å². The predicted molar refractivity (Wildman–Crippen MR) is 75.3 cm³/mol. The van der Waals surface area contributed by atoms with E-state index in [4.69, 9.17) is 17.3 Å². The lowest BCUT2D eigenvalue weighted by Gasteiger charge is -2.15. The van der Waals surface area contributed by atoms with Crippen LogP contribution in [0.1, 0.15) is 35.5 Å². The van der Waals surface area contributed by atoms with Gasteiger partial charge in [0.15, 0.2) is 0 Å². The topological polar surface area (TPSA) is 43.8 Å². The Morgan fingerprint density at radius 2 is 1.95 bits per heavy atom. The van der Waals surface area contributed by atoms with Gasteiger partial charge in [-0.25, -0.2) is 9.07 Å². The van der Waals surface area contributed by atoms with Gasteiger partial charge in [0.2, 0.25) is 0 Å². The first-order chi connectivity index (χ1) is 8.82. The van der Waals surface area contributed by atoms with Gasteiger partial charge in [0.25, 0.3) is 0 Å². The lowest BCUT2D eigenvalue weighted by atomic mass is 10.0. The van der Waals surface area contributed by atoms with Crippen LogP contribution in [0.5, 0.6) is 0 Å². The Kier molecular flexibility index (Phi) is 3.65. The minimum absolute atomic E-state index is 0.260. The quantitative estimate of drug-likeness (QED) is 0.914. The third-order valence-corrected chi connectivity index (χ3v) is 3.78. The smallest absolute Gasteiger partial charge is 0.126 e. The van der Waals surface area contributed by atoms with Crippen molar-refractivity contribution < 1.29 is 4.39 Å². The summed E-state index contributed by atoms with van der Waals surface area (Å²) in [7, 11) is 0. The Labute approximate surface area is 117 Å². The largest absolute Gasteiger partial charge is 0.324 e. The second kappa shape index (κ2) is 4.94. The highest BCUT2D eigenvalue weighted by molar-refractivity contribution is 6.31. The van der Waals surface area contributed by atoms with Crippen molar-refractivity contribution in [2.24, 2.45) is 5.73 Å². The summed E-state index contributed by atoms with van der Waals surface area (Å²) in [5.74, 6) is -0.260. The highest BCUT2D eigenvalue weighted by atomic mass is 35.5. The van der Waals surface area contributed by atoms with Gasteiger partial charge < -0.3 is 5.73 Å². The molecule has 0 fully saturated rings. The van der Waals surface area contributed by atoms with Crippen LogP contribution in [-0.4, -0.2) is 9.78 Å². The van der Waals surface area contributed by atoms with Crippen molar-refractivity contribution >= 4 is 11.6 Å². The van der Waals surface area contributed by atoms with Crippen molar-refractivity contribution in [1.29, 1.82) is 0 Å². The summed E-state index contributed by atoms with van der Waals surface area (Å²) in [6.07, 6.45) is 0. The monoisotopic (exact) mass is 281 g/mol. The molecular formula is C14H17ClFN3. The molecule has 19 heavy (non-hydrogen) atoms. The maximum absolute atomic E-state index is 13.7. The molecule has 1 heterocycles. The fraction of sp³-hybridized carbons (Fsp3) is 0.357. The van der Waals surface area contributed by atoms with E-state index in [0.717, 1.165) is 17.1 Å². The molecule has 5 heteroatoms. The summed E-state index contributed by atoms with van der Waals surface area (Å²) in [5, 5.41) is 5.02. The molecule has 3 nitrogen and oxygen atoms in total. The van der Waals surface area contributed by atoms with Gasteiger partial charge in [0, 0.05) is 6.04 Å². The number of hydrogen-bond acceptors (Lipinski definition) is 2. The average Bonchev–Trinajstić information content (AvgIpc) is 2.59. The van der Waals surface area contributed by atoms with E-state index in [2.05, 4.69) is 5.10 Å². The molecular weight excluding hydrogens is 265 g/mol. The lowest BCUT2D eigenvalue weighted by Crippen LogP contribution is -2.12. The molecule has 2 aromatic rings. The van der Waals surface area contributed by atoms with Crippen LogP contribution < -0.4 is 5.73 Å². The van der Waals surface area contributed by atoms with Crippen molar-refractivity contribution in [3.63, 3.8) is 0 Å². The zero-order valence-electron chi connectivity index (χ0n) is 11.5. The van der Waals surface area contributed by atoms with Gasteiger partial charge in [0.05, 0.1) is 22.1 Å². The molecule has 0 saturated carbocycles. The molecule has 0 bridgehead atoms. The SMILES string of the molecule is Cc1cc(-n2nc(C)c(Cl)c2C)c(C(C)N)cc1F. The summed E-state index contributed by atoms with van der Waals surface area (Å²) in [6, 6.07) is 2.94. The highest BCUT2D eigenvalue weighted by Crippen LogP contribution is 2.28. The molecule has 0 radical (unpaired) electrons. The first-order valence-corrected chi connectivity index (χ1v) is 6.48. The zero-order chi connectivity index (χ0) is 14.3. The number of hydrogen-bond donors (Lipinski definition) is 1. The molecule has 0 aliphatic rings.